The second-order valence-electron chi connectivity index (χ2n) is 17.9. The molecule has 18 heteroatoms. The van der Waals surface area contributed by atoms with E-state index in [-0.39, 0.29) is 30.5 Å². The molecule has 2 nitrogen and oxygen atoms in total. The average Bonchev–Trinajstić information content (AvgIpc) is 3.48. The van der Waals surface area contributed by atoms with E-state index in [0.29, 0.717) is 16.8 Å². The Bertz CT molecular complexity index is 2460. The van der Waals surface area contributed by atoms with Gasteiger partial charge in [-0.2, -0.15) is 0 Å². The van der Waals surface area contributed by atoms with Crippen molar-refractivity contribution in [3.8, 4) is 0 Å². The molecule has 1 heterocycles. The Morgan fingerprint density at radius 2 is 0.742 bits per heavy atom. The quantitative estimate of drug-likeness (QED) is 0.0420. The first-order valence-electron chi connectivity index (χ1n) is 21.2. The van der Waals surface area contributed by atoms with Crippen LogP contribution >= 0.6 is 0 Å². The van der Waals surface area contributed by atoms with Crippen LogP contribution in [0.2, 0.25) is 6.32 Å². The molecule has 0 radical (unpaired) electrons. The number of anilines is 1. The molecule has 0 spiro atoms. The van der Waals surface area contributed by atoms with E-state index in [1.165, 1.54) is 11.2 Å². The van der Waals surface area contributed by atoms with Gasteiger partial charge in [-0.3, -0.25) is 0 Å². The van der Waals surface area contributed by atoms with Crippen LogP contribution in [0.1, 0.15) is 114 Å². The van der Waals surface area contributed by atoms with Crippen LogP contribution in [0.4, 0.5) is 77.2 Å². The minimum absolute atomic E-state index is 0.0326. The van der Waals surface area contributed by atoms with Crippen molar-refractivity contribution >= 4 is 40.2 Å². The predicted molar refractivity (Wildman–Crippen MR) is 224 cm³/mol. The fourth-order valence-corrected chi connectivity index (χ4v) is 9.59. The van der Waals surface area contributed by atoms with Gasteiger partial charge in [-0.05, 0) is 36.5 Å². The zero-order valence-corrected chi connectivity index (χ0v) is 36.9. The first-order chi connectivity index (χ1) is 30.8. The van der Waals surface area contributed by atoms with Crippen molar-refractivity contribution in [1.82, 2.24) is 0 Å². The van der Waals surface area contributed by atoms with Crippen LogP contribution in [0.3, 0.4) is 0 Å². The normalized spacial score (nSPS) is 14.9. The van der Waals surface area contributed by atoms with Crippen LogP contribution in [0.5, 0.6) is 0 Å². The van der Waals surface area contributed by atoms with Crippen LogP contribution in [0, 0.1) is 87.3 Å². The molecule has 0 fully saturated rings. The molecule has 1 aliphatic heterocycles. The molecule has 6 rings (SSSR count). The lowest BCUT2D eigenvalue weighted by Gasteiger charge is -2.46. The monoisotopic (exact) mass is 944 g/mol. The Morgan fingerprint density at radius 3 is 1.05 bits per heavy atom. The number of halogens is 15. The molecule has 5 aromatic rings. The topological polar surface area (TPSA) is 6.25 Å². The molecule has 1 atom stereocenters. The van der Waals surface area contributed by atoms with Crippen molar-refractivity contribution in [1.29, 1.82) is 0 Å². The molecular weight excluding hydrogens is 900 g/mol. The van der Waals surface area contributed by atoms with Gasteiger partial charge < -0.3 is 0 Å². The van der Waals surface area contributed by atoms with Crippen molar-refractivity contribution in [2.24, 2.45) is 0 Å². The molecule has 1 aliphatic rings. The smallest absolute Gasteiger partial charge is 0.234 e. The van der Waals surface area contributed by atoms with Crippen LogP contribution in [-0.4, -0.2) is 29.6 Å². The van der Waals surface area contributed by atoms with E-state index in [1.807, 2.05) is 45.9 Å². The van der Waals surface area contributed by atoms with E-state index < -0.39 is 140 Å². The third kappa shape index (κ3) is 8.03. The maximum Gasteiger partial charge on any atom is 0.244 e. The van der Waals surface area contributed by atoms with Gasteiger partial charge in [0.15, 0.2) is 52.4 Å². The maximum absolute atomic E-state index is 16.7. The van der Waals surface area contributed by atoms with Crippen molar-refractivity contribution in [2.75, 3.05) is 11.4 Å². The van der Waals surface area contributed by atoms with Gasteiger partial charge in [-0.25, -0.2) is 75.3 Å². The van der Waals surface area contributed by atoms with Gasteiger partial charge in [0.25, 0.3) is 0 Å². The van der Waals surface area contributed by atoms with Crippen LogP contribution < -0.4 is 21.3 Å². The first kappa shape index (κ1) is 50.0. The minimum Gasteiger partial charge on any atom is -0.234 e. The standard InChI is InChI=1S/C48H44BF15N2/c1-20(2)25-13-9-14-26(21(3)4)47(25)65-17-11-12-24(66(19-65)48-27(22(5)6)15-10-16-28(48)23(7)8)18-49(29-32(50)38(56)44(62)39(57)33(29)51,30-34(52)40(58)45(63)41(59)35(30)53)31-36(54)42(60)46(64)43(61)37(31)55/h9-10,13-16,19-24H,11-12,17-18H2,1-8H3/t24-/m0/s1. The Kier molecular flexibility index (Phi) is 14.2. The summed E-state index contributed by atoms with van der Waals surface area (Å²) in [6, 6.07) is 8.69. The van der Waals surface area contributed by atoms with Crippen LogP contribution in [0.25, 0.3) is 0 Å². The SMILES string of the molecule is CC(C)c1cccc(C(C)C)c1N1C=[N+](c2c(C(C)C)cccc2C(C)C)CCC[C@H]1C[B-](c1c(F)c(F)c(F)c(F)c1F)(c1c(F)c(F)c(F)c(F)c1F)c1c(F)c(F)c(F)c(F)c1F. The summed E-state index contributed by atoms with van der Waals surface area (Å²) < 4.78 is 240. The van der Waals surface area contributed by atoms with Crippen molar-refractivity contribution in [3.05, 3.63) is 146 Å². The summed E-state index contributed by atoms with van der Waals surface area (Å²) in [5.41, 5.74) is -4.37. The third-order valence-electron chi connectivity index (χ3n) is 12.7. The third-order valence-corrected chi connectivity index (χ3v) is 12.7. The lowest BCUT2D eigenvalue weighted by atomic mass is 9.13. The van der Waals surface area contributed by atoms with Crippen molar-refractivity contribution in [3.63, 3.8) is 0 Å². The van der Waals surface area contributed by atoms with Crippen molar-refractivity contribution in [2.45, 2.75) is 104 Å². The van der Waals surface area contributed by atoms with E-state index in [1.54, 1.807) is 50.5 Å². The van der Waals surface area contributed by atoms with Gasteiger partial charge in [-0.1, -0.05) is 91.8 Å². The fourth-order valence-electron chi connectivity index (χ4n) is 9.59. The minimum atomic E-state index is -5.83. The molecule has 0 unspecified atom stereocenters. The second-order valence-corrected chi connectivity index (χ2v) is 17.9. The first-order valence-corrected chi connectivity index (χ1v) is 21.2. The highest BCUT2D eigenvalue weighted by molar-refractivity contribution is 7.11. The largest absolute Gasteiger partial charge is 0.244 e. The molecular formula is C48H44BF15N2. The molecule has 0 saturated heterocycles. The molecule has 0 bridgehead atoms. The van der Waals surface area contributed by atoms with Gasteiger partial charge in [0.2, 0.25) is 6.34 Å². The summed E-state index contributed by atoms with van der Waals surface area (Å²) in [5.74, 6) is -46.2. The summed E-state index contributed by atoms with van der Waals surface area (Å²) in [4.78, 5) is 1.36. The van der Waals surface area contributed by atoms with E-state index in [0.717, 1.165) is 11.1 Å². The number of benzene rings is 5. The molecule has 0 aromatic heterocycles. The zero-order chi connectivity index (χ0) is 49.2. The van der Waals surface area contributed by atoms with Crippen molar-refractivity contribution < 1.29 is 70.4 Å². The summed E-state index contributed by atoms with van der Waals surface area (Å²) >= 11 is 0. The van der Waals surface area contributed by atoms with E-state index >= 15 is 52.7 Å². The van der Waals surface area contributed by atoms with Crippen LogP contribution in [0.15, 0.2) is 36.4 Å². The number of para-hydroxylation sites is 2. The molecule has 0 saturated carbocycles. The van der Waals surface area contributed by atoms with Gasteiger partial charge in [0.05, 0.1) is 12.6 Å². The van der Waals surface area contributed by atoms with E-state index in [9.17, 15) is 13.2 Å². The Labute approximate surface area is 371 Å². The zero-order valence-electron chi connectivity index (χ0n) is 36.9. The summed E-state index contributed by atoms with van der Waals surface area (Å²) in [6.07, 6.45) is -6.69. The number of hydrogen-bond acceptors (Lipinski definition) is 1. The number of nitrogens with zero attached hydrogens (tertiary/aromatic N) is 2. The number of hydrogen-bond donors (Lipinski definition) is 0. The molecule has 354 valence electrons. The average molecular weight is 945 g/mol. The molecule has 0 amide bonds. The highest BCUT2D eigenvalue weighted by Crippen LogP contribution is 2.42. The fraction of sp³-hybridized carbons (Fsp3) is 0.354. The highest BCUT2D eigenvalue weighted by atomic mass is 19.2. The predicted octanol–water partition coefficient (Wildman–Crippen LogP) is 12.8. The highest BCUT2D eigenvalue weighted by Gasteiger charge is 2.51. The summed E-state index contributed by atoms with van der Waals surface area (Å²) in [5, 5.41) is 0. The Morgan fingerprint density at radius 1 is 0.455 bits per heavy atom. The van der Waals surface area contributed by atoms with Crippen LogP contribution in [-0.2, 0) is 0 Å². The molecule has 66 heavy (non-hydrogen) atoms. The molecule has 0 N–H and O–H groups in total. The van der Waals surface area contributed by atoms with E-state index in [2.05, 4.69) is 0 Å². The summed E-state index contributed by atoms with van der Waals surface area (Å²) in [7, 11) is 0. The second kappa shape index (κ2) is 18.7. The number of rotatable bonds is 11. The summed E-state index contributed by atoms with van der Waals surface area (Å²) in [6.45, 7) is 14.7. The Hall–Kier alpha value is -5.42. The molecule has 5 aromatic carbocycles. The van der Waals surface area contributed by atoms with E-state index in [4.69, 9.17) is 0 Å². The maximum atomic E-state index is 16.7. The van der Waals surface area contributed by atoms with Gasteiger partial charge in [0.1, 0.15) is 52.4 Å². The van der Waals surface area contributed by atoms with Gasteiger partial charge in [-0.15, -0.1) is 22.7 Å². The molecule has 0 aliphatic carbocycles. The Balaban J connectivity index is 1.93. The van der Waals surface area contributed by atoms with Gasteiger partial charge >= 0.3 is 0 Å². The van der Waals surface area contributed by atoms with Gasteiger partial charge in [0, 0.05) is 22.3 Å². The lowest BCUT2D eigenvalue weighted by molar-refractivity contribution is -0.437. The lowest BCUT2D eigenvalue weighted by Crippen LogP contribution is -2.74.